The number of amides is 2. The zero-order valence-electron chi connectivity index (χ0n) is 24.7. The average Bonchev–Trinajstić information content (AvgIpc) is 3.31. The van der Waals surface area contributed by atoms with Gasteiger partial charge >= 0.3 is 6.29 Å². The van der Waals surface area contributed by atoms with Gasteiger partial charge in [0.15, 0.2) is 17.3 Å². The highest BCUT2D eigenvalue weighted by Gasteiger charge is 2.70. The number of hydrogen-bond acceptors (Lipinski definition) is 11. The lowest BCUT2D eigenvalue weighted by Crippen LogP contribution is -2.82. The van der Waals surface area contributed by atoms with Crippen LogP contribution in [0.2, 0.25) is 0 Å². The molecule has 3 saturated carbocycles. The lowest BCUT2D eigenvalue weighted by molar-refractivity contribution is -0.286. The zero-order chi connectivity index (χ0) is 32.3. The Morgan fingerprint density at radius 2 is 1.65 bits per heavy atom. The molecule has 4 heterocycles. The van der Waals surface area contributed by atoms with Gasteiger partial charge < -0.3 is 39.6 Å². The van der Waals surface area contributed by atoms with Crippen molar-refractivity contribution in [2.75, 3.05) is 56.5 Å². The Bertz CT molecular complexity index is 1720. The summed E-state index contributed by atoms with van der Waals surface area (Å²) in [5.41, 5.74) is -0.985. The van der Waals surface area contributed by atoms with Crippen LogP contribution in [0.1, 0.15) is 40.0 Å². The monoisotopic (exact) mass is 642 g/mol. The van der Waals surface area contributed by atoms with Crippen LogP contribution in [0.3, 0.4) is 0 Å². The topological polar surface area (TPSA) is 145 Å². The third-order valence-electron chi connectivity index (χ3n) is 8.74. The van der Waals surface area contributed by atoms with Gasteiger partial charge in [-0.25, -0.2) is 14.4 Å². The minimum absolute atomic E-state index is 0.00803. The van der Waals surface area contributed by atoms with Crippen molar-refractivity contribution in [1.82, 2.24) is 14.9 Å². The van der Waals surface area contributed by atoms with Crippen LogP contribution < -0.4 is 34.9 Å². The number of ether oxygens (including phenoxy) is 5. The number of nitrogens with zero attached hydrogens (tertiary/aromatic N) is 3. The van der Waals surface area contributed by atoms with E-state index in [1.54, 1.807) is 0 Å². The van der Waals surface area contributed by atoms with Gasteiger partial charge in [0, 0.05) is 42.1 Å². The Morgan fingerprint density at radius 3 is 2.37 bits per heavy atom. The van der Waals surface area contributed by atoms with Crippen LogP contribution >= 0.6 is 0 Å². The second-order valence-electron chi connectivity index (χ2n) is 11.6. The van der Waals surface area contributed by atoms with Gasteiger partial charge in [0.2, 0.25) is 0 Å². The molecule has 2 aliphatic heterocycles. The number of benzene rings is 1. The summed E-state index contributed by atoms with van der Waals surface area (Å²) in [6.07, 6.45) is 1.37. The summed E-state index contributed by atoms with van der Waals surface area (Å²) in [6.45, 7) is 3.18. The van der Waals surface area contributed by atoms with Crippen molar-refractivity contribution < 1.29 is 46.4 Å². The molecule has 46 heavy (non-hydrogen) atoms. The molecule has 1 aromatic carbocycles. The maximum Gasteiger partial charge on any atom is 0.586 e. The number of fused-ring (bicyclic) bond motifs is 1. The minimum atomic E-state index is -3.86. The van der Waals surface area contributed by atoms with Crippen LogP contribution in [-0.4, -0.2) is 84.6 Å². The summed E-state index contributed by atoms with van der Waals surface area (Å²) in [5.74, 6) is -3.53. The number of aromatic nitrogens is 2. The smallest absolute Gasteiger partial charge is 0.496 e. The summed E-state index contributed by atoms with van der Waals surface area (Å²) in [7, 11) is 2.56. The number of halogens is 3. The molecule has 13 nitrogen and oxygen atoms in total. The SMILES string of the molecule is COc1ccnc(NC23CC(N4CCOCC4)(C2)C3)c1C(=O)Nc1cnc(OC)c(F)c1C(=O)Nc1ccc2c(c1)OC(F)(F)O2. The van der Waals surface area contributed by atoms with E-state index in [1.807, 2.05) is 0 Å². The molecule has 16 heteroatoms. The van der Waals surface area contributed by atoms with Crippen LogP contribution in [0.4, 0.5) is 30.4 Å². The fraction of sp³-hybridized carbons (Fsp3) is 0.400. The van der Waals surface area contributed by atoms with Crippen molar-refractivity contribution >= 4 is 29.0 Å². The van der Waals surface area contributed by atoms with E-state index in [-0.39, 0.29) is 51.1 Å². The van der Waals surface area contributed by atoms with Crippen LogP contribution in [-0.2, 0) is 4.74 Å². The first-order chi connectivity index (χ1) is 22.0. The molecule has 2 amide bonds. The van der Waals surface area contributed by atoms with Crippen molar-refractivity contribution in [2.45, 2.75) is 36.6 Å². The highest BCUT2D eigenvalue weighted by Crippen LogP contribution is 2.65. The number of carbonyl (C=O) groups excluding carboxylic acids is 2. The molecule has 2 bridgehead atoms. The number of rotatable bonds is 9. The van der Waals surface area contributed by atoms with Crippen molar-refractivity contribution in [1.29, 1.82) is 0 Å². The van der Waals surface area contributed by atoms with Crippen molar-refractivity contribution in [2.24, 2.45) is 0 Å². The minimum Gasteiger partial charge on any atom is -0.496 e. The van der Waals surface area contributed by atoms with Gasteiger partial charge in [0.1, 0.15) is 22.7 Å². The Hall–Kier alpha value is -4.83. The molecule has 0 unspecified atom stereocenters. The molecule has 1 saturated heterocycles. The van der Waals surface area contributed by atoms with E-state index in [2.05, 4.69) is 40.3 Å². The normalized spacial score (nSPS) is 23.8. The second kappa shape index (κ2) is 10.9. The van der Waals surface area contributed by atoms with Gasteiger partial charge in [-0.15, -0.1) is 8.78 Å². The van der Waals surface area contributed by atoms with Crippen molar-refractivity contribution in [3.8, 4) is 23.1 Å². The molecule has 5 aliphatic rings. The number of hydrogen-bond donors (Lipinski definition) is 3. The van der Waals surface area contributed by atoms with Gasteiger partial charge in [0.25, 0.3) is 17.7 Å². The molecule has 3 aliphatic carbocycles. The Balaban J connectivity index is 1.13. The summed E-state index contributed by atoms with van der Waals surface area (Å²) in [5, 5.41) is 8.43. The number of anilines is 3. The van der Waals surface area contributed by atoms with E-state index in [0.717, 1.165) is 57.8 Å². The fourth-order valence-corrected chi connectivity index (χ4v) is 6.75. The number of alkyl halides is 2. The van der Waals surface area contributed by atoms with E-state index in [4.69, 9.17) is 14.2 Å². The number of methoxy groups -OCH3 is 2. The lowest BCUT2D eigenvalue weighted by atomic mass is 9.43. The summed E-state index contributed by atoms with van der Waals surface area (Å²) < 4.78 is 67.2. The molecule has 2 aromatic heterocycles. The predicted octanol–water partition coefficient (Wildman–Crippen LogP) is 3.88. The van der Waals surface area contributed by atoms with Crippen LogP contribution in [0, 0.1) is 5.82 Å². The predicted molar refractivity (Wildman–Crippen MR) is 155 cm³/mol. The van der Waals surface area contributed by atoms with Gasteiger partial charge in [-0.2, -0.15) is 0 Å². The molecule has 0 spiro atoms. The number of morpholine rings is 1. The lowest BCUT2D eigenvalue weighted by Gasteiger charge is -2.74. The van der Waals surface area contributed by atoms with Gasteiger partial charge in [-0.05, 0) is 37.5 Å². The largest absolute Gasteiger partial charge is 0.586 e. The summed E-state index contributed by atoms with van der Waals surface area (Å²) in [6, 6.07) is 5.04. The maximum absolute atomic E-state index is 15.6. The van der Waals surface area contributed by atoms with E-state index in [9.17, 15) is 18.4 Å². The standard InChI is InChI=1S/C30H29F3N6O7/c1-42-19-5-6-34-24(38-28-13-29(14-28,15-28)39-7-9-44-10-8-39)22(19)26(41)37-17-12-35-27(43-2)23(31)21(17)25(40)36-16-3-4-18-20(11-16)46-30(32,33)45-18/h3-6,11-12H,7-10,13-15H2,1-2H3,(H,34,38)(H,36,40)(H,37,41). The molecule has 4 fully saturated rings. The first kappa shape index (κ1) is 29.9. The van der Waals surface area contributed by atoms with Crippen LogP contribution in [0.25, 0.3) is 0 Å². The molecular weight excluding hydrogens is 613 g/mol. The van der Waals surface area contributed by atoms with Gasteiger partial charge in [0.05, 0.1) is 39.3 Å². The highest BCUT2D eigenvalue weighted by molar-refractivity contribution is 6.14. The van der Waals surface area contributed by atoms with Crippen molar-refractivity contribution in [3.05, 3.63) is 53.6 Å². The van der Waals surface area contributed by atoms with Crippen LogP contribution in [0.15, 0.2) is 36.7 Å². The summed E-state index contributed by atoms with van der Waals surface area (Å²) >= 11 is 0. The molecule has 3 aromatic rings. The molecule has 0 atom stereocenters. The molecule has 0 radical (unpaired) electrons. The quantitative estimate of drug-likeness (QED) is 0.313. The molecule has 242 valence electrons. The average molecular weight is 643 g/mol. The third kappa shape index (κ3) is 5.06. The summed E-state index contributed by atoms with van der Waals surface area (Å²) in [4.78, 5) is 38.0. The van der Waals surface area contributed by atoms with E-state index in [1.165, 1.54) is 25.4 Å². The Morgan fingerprint density at radius 1 is 0.935 bits per heavy atom. The molecule has 8 rings (SSSR count). The number of nitrogens with one attached hydrogen (secondary N) is 3. The highest BCUT2D eigenvalue weighted by atomic mass is 19.3. The zero-order valence-corrected chi connectivity index (χ0v) is 24.7. The first-order valence-electron chi connectivity index (χ1n) is 14.4. The van der Waals surface area contributed by atoms with Gasteiger partial charge in [-0.1, -0.05) is 0 Å². The fourth-order valence-electron chi connectivity index (χ4n) is 6.75. The first-order valence-corrected chi connectivity index (χ1v) is 14.4. The Labute approximate surface area is 260 Å². The maximum atomic E-state index is 15.6. The van der Waals surface area contributed by atoms with Gasteiger partial charge in [-0.3, -0.25) is 14.5 Å². The van der Waals surface area contributed by atoms with E-state index < -0.39 is 35.4 Å². The van der Waals surface area contributed by atoms with Crippen LogP contribution in [0.5, 0.6) is 23.1 Å². The second-order valence-corrected chi connectivity index (χ2v) is 11.6. The van der Waals surface area contributed by atoms with E-state index >= 15 is 4.39 Å². The van der Waals surface area contributed by atoms with E-state index in [0.29, 0.717) is 13.2 Å². The molecule has 3 N–H and O–H groups in total. The number of carbonyl (C=O) groups is 2. The Kier molecular flexibility index (Phi) is 7.08. The van der Waals surface area contributed by atoms with Crippen molar-refractivity contribution in [3.63, 3.8) is 0 Å². The third-order valence-corrected chi connectivity index (χ3v) is 8.74. The molecular formula is C30H29F3N6O7. The number of pyridine rings is 2.